The molecule has 0 N–H and O–H groups in total. The normalized spacial score (nSPS) is 45.0. The average Bonchev–Trinajstić information content (AvgIpc) is 2.12. The Bertz CT molecular complexity index is 109. The first kappa shape index (κ1) is 10.0. The molecule has 0 unspecified atom stereocenters. The standard InChI is InChI=1S/C9H16O.C2H6/c1-8-3-5-9(2,6-4-8)10-7-8;1-2/h3-7H2,1-2H3;1-2H3. The zero-order chi connectivity index (χ0) is 9.24. The van der Waals surface area contributed by atoms with Gasteiger partial charge in [0.1, 0.15) is 0 Å². The van der Waals surface area contributed by atoms with Crippen molar-refractivity contribution in [1.82, 2.24) is 0 Å². The van der Waals surface area contributed by atoms with Crippen molar-refractivity contribution in [1.29, 1.82) is 0 Å². The molecule has 0 spiro atoms. The van der Waals surface area contributed by atoms with E-state index in [1.54, 1.807) is 0 Å². The Kier molecular flexibility index (Phi) is 2.82. The van der Waals surface area contributed by atoms with Gasteiger partial charge in [-0.3, -0.25) is 0 Å². The van der Waals surface area contributed by atoms with Crippen LogP contribution in [0.25, 0.3) is 0 Å². The summed E-state index contributed by atoms with van der Waals surface area (Å²) in [6.45, 7) is 9.61. The topological polar surface area (TPSA) is 9.23 Å². The molecule has 12 heavy (non-hydrogen) atoms. The van der Waals surface area contributed by atoms with Crippen LogP contribution < -0.4 is 0 Å². The van der Waals surface area contributed by atoms with Crippen molar-refractivity contribution in [2.24, 2.45) is 5.41 Å². The third-order valence-electron chi connectivity index (χ3n) is 3.28. The first-order valence-electron chi connectivity index (χ1n) is 5.26. The highest BCUT2D eigenvalue weighted by molar-refractivity contribution is 4.94. The summed E-state index contributed by atoms with van der Waals surface area (Å²) in [5.41, 5.74) is 0.801. The highest BCUT2D eigenvalue weighted by Gasteiger charge is 2.44. The molecule has 0 radical (unpaired) electrons. The first-order chi connectivity index (χ1) is 5.62. The van der Waals surface area contributed by atoms with Crippen LogP contribution in [0.3, 0.4) is 0 Å². The summed E-state index contributed by atoms with van der Waals surface area (Å²) in [5.74, 6) is 0. The van der Waals surface area contributed by atoms with Gasteiger partial charge in [-0.25, -0.2) is 0 Å². The smallest absolute Gasteiger partial charge is 0.0655 e. The zero-order valence-corrected chi connectivity index (χ0v) is 8.94. The molecule has 0 amide bonds. The van der Waals surface area contributed by atoms with Crippen LogP contribution in [-0.4, -0.2) is 12.2 Å². The lowest BCUT2D eigenvalue weighted by Crippen LogP contribution is -2.47. The Labute approximate surface area is 76.5 Å². The zero-order valence-electron chi connectivity index (χ0n) is 8.94. The second-order valence-corrected chi connectivity index (χ2v) is 4.55. The SMILES string of the molecule is CC.CC12CCC(C)(CC1)OC2. The van der Waals surface area contributed by atoms with Crippen LogP contribution in [0.1, 0.15) is 53.4 Å². The van der Waals surface area contributed by atoms with Gasteiger partial charge >= 0.3 is 0 Å². The van der Waals surface area contributed by atoms with Crippen LogP contribution in [-0.2, 0) is 4.74 Å². The number of hydrogen-bond donors (Lipinski definition) is 0. The van der Waals surface area contributed by atoms with Gasteiger partial charge in [-0.1, -0.05) is 20.8 Å². The summed E-state index contributed by atoms with van der Waals surface area (Å²) in [6.07, 6.45) is 5.32. The monoisotopic (exact) mass is 170 g/mol. The highest BCUT2D eigenvalue weighted by Crippen LogP contribution is 2.47. The number of rotatable bonds is 0. The molecule has 2 bridgehead atoms. The van der Waals surface area contributed by atoms with Crippen LogP contribution in [0.15, 0.2) is 0 Å². The van der Waals surface area contributed by atoms with Gasteiger partial charge in [-0.05, 0) is 38.0 Å². The van der Waals surface area contributed by atoms with Crippen molar-refractivity contribution in [2.45, 2.75) is 59.0 Å². The molecular weight excluding hydrogens is 148 g/mol. The van der Waals surface area contributed by atoms with Gasteiger partial charge in [-0.15, -0.1) is 0 Å². The van der Waals surface area contributed by atoms with Crippen LogP contribution in [0, 0.1) is 5.41 Å². The van der Waals surface area contributed by atoms with E-state index in [1.807, 2.05) is 13.8 Å². The third kappa shape index (κ3) is 1.82. The Morgan fingerprint density at radius 3 is 1.67 bits per heavy atom. The summed E-state index contributed by atoms with van der Waals surface area (Å²) in [7, 11) is 0. The lowest BCUT2D eigenvalue weighted by molar-refractivity contribution is -0.167. The van der Waals surface area contributed by atoms with Gasteiger partial charge in [-0.2, -0.15) is 0 Å². The molecule has 1 heteroatoms. The van der Waals surface area contributed by atoms with E-state index in [1.165, 1.54) is 25.7 Å². The fourth-order valence-corrected chi connectivity index (χ4v) is 2.02. The maximum Gasteiger partial charge on any atom is 0.0655 e. The maximum atomic E-state index is 5.77. The predicted octanol–water partition coefficient (Wildman–Crippen LogP) is 3.38. The van der Waals surface area contributed by atoms with Crippen molar-refractivity contribution in [2.75, 3.05) is 6.61 Å². The van der Waals surface area contributed by atoms with Crippen LogP contribution >= 0.6 is 0 Å². The Balaban J connectivity index is 0.000000336. The van der Waals surface area contributed by atoms with E-state index in [9.17, 15) is 0 Å². The van der Waals surface area contributed by atoms with Crippen LogP contribution in [0.2, 0.25) is 0 Å². The highest BCUT2D eigenvalue weighted by atomic mass is 16.5. The van der Waals surface area contributed by atoms with Gasteiger partial charge in [0.2, 0.25) is 0 Å². The van der Waals surface area contributed by atoms with Crippen molar-refractivity contribution in [3.8, 4) is 0 Å². The van der Waals surface area contributed by atoms with Gasteiger partial charge in [0.25, 0.3) is 0 Å². The molecule has 1 aliphatic carbocycles. The van der Waals surface area contributed by atoms with E-state index < -0.39 is 0 Å². The second-order valence-electron chi connectivity index (χ2n) is 4.55. The number of ether oxygens (including phenoxy) is 1. The molecule has 0 aromatic carbocycles. The fourth-order valence-electron chi connectivity index (χ4n) is 2.02. The van der Waals surface area contributed by atoms with E-state index in [0.717, 1.165) is 6.61 Å². The van der Waals surface area contributed by atoms with Crippen LogP contribution in [0.4, 0.5) is 0 Å². The average molecular weight is 170 g/mol. The molecule has 1 saturated carbocycles. The Hall–Kier alpha value is -0.0400. The maximum absolute atomic E-state index is 5.77. The van der Waals surface area contributed by atoms with Crippen molar-refractivity contribution in [3.05, 3.63) is 0 Å². The molecule has 0 atom stereocenters. The number of hydrogen-bond acceptors (Lipinski definition) is 1. The molecule has 2 aliphatic heterocycles. The summed E-state index contributed by atoms with van der Waals surface area (Å²) in [4.78, 5) is 0. The Morgan fingerprint density at radius 2 is 1.42 bits per heavy atom. The molecule has 3 rings (SSSR count). The predicted molar refractivity (Wildman–Crippen MR) is 52.3 cm³/mol. The molecule has 1 nitrogen and oxygen atoms in total. The van der Waals surface area contributed by atoms with E-state index in [4.69, 9.17) is 4.74 Å². The summed E-state index contributed by atoms with van der Waals surface area (Å²) in [5, 5.41) is 0. The summed E-state index contributed by atoms with van der Waals surface area (Å²) in [6, 6.07) is 0. The van der Waals surface area contributed by atoms with Gasteiger partial charge in [0, 0.05) is 0 Å². The van der Waals surface area contributed by atoms with E-state index in [0.29, 0.717) is 5.41 Å². The summed E-state index contributed by atoms with van der Waals surface area (Å²) < 4.78 is 5.77. The van der Waals surface area contributed by atoms with Crippen molar-refractivity contribution >= 4 is 0 Å². The van der Waals surface area contributed by atoms with Crippen molar-refractivity contribution < 1.29 is 4.74 Å². The molecule has 2 heterocycles. The minimum atomic E-state index is 0.262. The van der Waals surface area contributed by atoms with E-state index in [2.05, 4.69) is 13.8 Å². The molecule has 0 aromatic heterocycles. The van der Waals surface area contributed by atoms with Crippen molar-refractivity contribution in [3.63, 3.8) is 0 Å². The quantitative estimate of drug-likeness (QED) is 0.541. The lowest BCUT2D eigenvalue weighted by Gasteiger charge is -2.50. The minimum absolute atomic E-state index is 0.262. The molecule has 3 fully saturated rings. The molecular formula is C11H22O. The second kappa shape index (κ2) is 3.37. The van der Waals surface area contributed by atoms with Crippen LogP contribution in [0.5, 0.6) is 0 Å². The van der Waals surface area contributed by atoms with Gasteiger partial charge < -0.3 is 4.74 Å². The van der Waals surface area contributed by atoms with E-state index >= 15 is 0 Å². The minimum Gasteiger partial charge on any atom is -0.375 e. The fraction of sp³-hybridized carbons (Fsp3) is 1.00. The molecule has 2 saturated heterocycles. The molecule has 72 valence electrons. The molecule has 3 aliphatic rings. The summed E-state index contributed by atoms with van der Waals surface area (Å²) >= 11 is 0. The largest absolute Gasteiger partial charge is 0.375 e. The molecule has 0 aromatic rings. The first-order valence-corrected chi connectivity index (χ1v) is 5.26. The lowest BCUT2D eigenvalue weighted by atomic mass is 9.68. The van der Waals surface area contributed by atoms with Gasteiger partial charge in [0.15, 0.2) is 0 Å². The third-order valence-corrected chi connectivity index (χ3v) is 3.28. The van der Waals surface area contributed by atoms with E-state index in [-0.39, 0.29) is 5.60 Å². The number of fused-ring (bicyclic) bond motifs is 3. The Morgan fingerprint density at radius 1 is 0.917 bits per heavy atom. The van der Waals surface area contributed by atoms with Gasteiger partial charge in [0.05, 0.1) is 12.2 Å².